The predicted octanol–water partition coefficient (Wildman–Crippen LogP) is 2.04. The van der Waals surface area contributed by atoms with Gasteiger partial charge in [0.15, 0.2) is 0 Å². The second kappa shape index (κ2) is 6.41. The summed E-state index contributed by atoms with van der Waals surface area (Å²) in [5.41, 5.74) is 7.25. The maximum absolute atomic E-state index is 11.5. The molecule has 1 aliphatic heterocycles. The van der Waals surface area contributed by atoms with Crippen molar-refractivity contribution in [3.05, 3.63) is 77.6 Å². The molecule has 0 saturated carbocycles. The number of benzene rings is 2. The largest absolute Gasteiger partial charge is 0.367 e. The Kier molecular flexibility index (Phi) is 3.95. The number of aromatic nitrogens is 2. The van der Waals surface area contributed by atoms with Crippen LogP contribution in [-0.2, 0) is 13.0 Å². The first-order chi connectivity index (χ1) is 12.2. The molecule has 3 N–H and O–H groups in total. The molecule has 2 aromatic carbocycles. The zero-order valence-electron chi connectivity index (χ0n) is 13.7. The first-order valence-corrected chi connectivity index (χ1v) is 8.23. The van der Waals surface area contributed by atoms with Gasteiger partial charge in [0.1, 0.15) is 0 Å². The Balaban J connectivity index is 1.55. The minimum absolute atomic E-state index is 0.281. The minimum Gasteiger partial charge on any atom is -0.367 e. The van der Waals surface area contributed by atoms with Crippen molar-refractivity contribution in [2.24, 2.45) is 5.84 Å². The van der Waals surface area contributed by atoms with Gasteiger partial charge in [0.25, 0.3) is 5.91 Å². The van der Waals surface area contributed by atoms with Crippen LogP contribution in [0.15, 0.2) is 60.8 Å². The third-order valence-corrected chi connectivity index (χ3v) is 4.50. The molecule has 3 aromatic rings. The van der Waals surface area contributed by atoms with Crippen LogP contribution in [0.3, 0.4) is 0 Å². The zero-order valence-corrected chi connectivity index (χ0v) is 13.7. The van der Waals surface area contributed by atoms with Crippen LogP contribution in [0.4, 0.5) is 5.69 Å². The maximum atomic E-state index is 11.5. The van der Waals surface area contributed by atoms with Gasteiger partial charge in [-0.3, -0.25) is 10.2 Å². The van der Waals surface area contributed by atoms with Crippen molar-refractivity contribution in [2.45, 2.75) is 13.0 Å². The number of hydrogen-bond donors (Lipinski definition) is 2. The van der Waals surface area contributed by atoms with E-state index in [0.717, 1.165) is 36.6 Å². The van der Waals surface area contributed by atoms with Crippen LogP contribution in [0.1, 0.15) is 21.6 Å². The van der Waals surface area contributed by atoms with E-state index in [1.807, 2.05) is 35.0 Å². The van der Waals surface area contributed by atoms with Crippen LogP contribution in [0.5, 0.6) is 0 Å². The summed E-state index contributed by atoms with van der Waals surface area (Å²) >= 11 is 0. The standard InChI is InChI=1S/C19H19N5O/c20-21-19(25)14-6-8-16(9-7-14)23-11-10-18-15(12-23)13-24(22-18)17-4-2-1-3-5-17/h1-9,13H,10-12,20H2,(H,21,25). The van der Waals surface area contributed by atoms with Crippen LogP contribution < -0.4 is 16.2 Å². The summed E-state index contributed by atoms with van der Waals surface area (Å²) in [6, 6.07) is 17.6. The number of rotatable bonds is 3. The summed E-state index contributed by atoms with van der Waals surface area (Å²) in [7, 11) is 0. The molecule has 4 rings (SSSR count). The van der Waals surface area contributed by atoms with Crippen molar-refractivity contribution in [3.63, 3.8) is 0 Å². The Morgan fingerprint density at radius 1 is 1.04 bits per heavy atom. The summed E-state index contributed by atoms with van der Waals surface area (Å²) in [6.45, 7) is 1.71. The van der Waals surface area contributed by atoms with Gasteiger partial charge in [-0.2, -0.15) is 5.10 Å². The lowest BCUT2D eigenvalue weighted by molar-refractivity contribution is 0.0953. The number of fused-ring (bicyclic) bond motifs is 1. The highest BCUT2D eigenvalue weighted by atomic mass is 16.2. The zero-order chi connectivity index (χ0) is 17.2. The Labute approximate surface area is 145 Å². The van der Waals surface area contributed by atoms with Crippen molar-refractivity contribution in [2.75, 3.05) is 11.4 Å². The number of anilines is 1. The summed E-state index contributed by atoms with van der Waals surface area (Å²) in [4.78, 5) is 13.8. The van der Waals surface area contributed by atoms with E-state index < -0.39 is 0 Å². The molecule has 0 aliphatic carbocycles. The number of carbonyl (C=O) groups is 1. The molecule has 1 aliphatic rings. The van der Waals surface area contributed by atoms with E-state index in [9.17, 15) is 4.79 Å². The van der Waals surface area contributed by atoms with Crippen molar-refractivity contribution in [1.82, 2.24) is 15.2 Å². The number of carbonyl (C=O) groups excluding carboxylic acids is 1. The lowest BCUT2D eigenvalue weighted by Crippen LogP contribution is -2.31. The predicted molar refractivity (Wildman–Crippen MR) is 96.4 cm³/mol. The molecule has 0 unspecified atom stereocenters. The molecule has 0 atom stereocenters. The van der Waals surface area contributed by atoms with Crippen LogP contribution in [0.2, 0.25) is 0 Å². The molecule has 0 spiro atoms. The molecule has 0 saturated heterocycles. The van der Waals surface area contributed by atoms with Gasteiger partial charge in [-0.25, -0.2) is 10.5 Å². The highest BCUT2D eigenvalue weighted by molar-refractivity contribution is 5.94. The molecule has 2 heterocycles. The Bertz CT molecular complexity index is 886. The van der Waals surface area contributed by atoms with Gasteiger partial charge in [-0.05, 0) is 36.4 Å². The van der Waals surface area contributed by atoms with E-state index in [4.69, 9.17) is 10.9 Å². The van der Waals surface area contributed by atoms with Gasteiger partial charge in [0, 0.05) is 42.5 Å². The number of nitrogens with one attached hydrogen (secondary N) is 1. The van der Waals surface area contributed by atoms with Crippen LogP contribution in [0.25, 0.3) is 5.69 Å². The maximum Gasteiger partial charge on any atom is 0.265 e. The number of hydrazine groups is 1. The highest BCUT2D eigenvalue weighted by Gasteiger charge is 2.20. The molecule has 0 bridgehead atoms. The molecule has 25 heavy (non-hydrogen) atoms. The highest BCUT2D eigenvalue weighted by Crippen LogP contribution is 2.25. The number of nitrogens with two attached hydrogens (primary N) is 1. The molecular weight excluding hydrogens is 314 g/mol. The van der Waals surface area contributed by atoms with Crippen LogP contribution in [-0.4, -0.2) is 22.2 Å². The smallest absolute Gasteiger partial charge is 0.265 e. The second-order valence-electron chi connectivity index (χ2n) is 6.07. The third kappa shape index (κ3) is 2.99. The van der Waals surface area contributed by atoms with Gasteiger partial charge < -0.3 is 4.90 Å². The lowest BCUT2D eigenvalue weighted by atomic mass is 10.1. The molecule has 1 aromatic heterocycles. The Morgan fingerprint density at radius 2 is 1.80 bits per heavy atom. The van der Waals surface area contributed by atoms with E-state index in [2.05, 4.69) is 28.7 Å². The quantitative estimate of drug-likeness (QED) is 0.437. The Hall–Kier alpha value is -3.12. The van der Waals surface area contributed by atoms with Crippen molar-refractivity contribution < 1.29 is 4.79 Å². The fourth-order valence-corrected chi connectivity index (χ4v) is 3.15. The average Bonchev–Trinajstić information content (AvgIpc) is 3.11. The van der Waals surface area contributed by atoms with Crippen LogP contribution in [0, 0.1) is 0 Å². The number of para-hydroxylation sites is 1. The average molecular weight is 333 g/mol. The monoisotopic (exact) mass is 333 g/mol. The van der Waals surface area contributed by atoms with Crippen LogP contribution >= 0.6 is 0 Å². The summed E-state index contributed by atoms with van der Waals surface area (Å²) < 4.78 is 1.95. The van der Waals surface area contributed by atoms with Crippen molar-refractivity contribution in [1.29, 1.82) is 0 Å². The van der Waals surface area contributed by atoms with E-state index in [1.54, 1.807) is 12.1 Å². The number of amides is 1. The van der Waals surface area contributed by atoms with Crippen molar-refractivity contribution >= 4 is 11.6 Å². The topological polar surface area (TPSA) is 76.2 Å². The first kappa shape index (κ1) is 15.4. The normalized spacial score (nSPS) is 13.4. The summed E-state index contributed by atoms with van der Waals surface area (Å²) in [6.07, 6.45) is 3.01. The number of hydrogen-bond acceptors (Lipinski definition) is 4. The van der Waals surface area contributed by atoms with E-state index in [1.165, 1.54) is 5.56 Å². The van der Waals surface area contributed by atoms with Gasteiger partial charge in [-0.1, -0.05) is 18.2 Å². The van der Waals surface area contributed by atoms with Crippen molar-refractivity contribution in [3.8, 4) is 5.69 Å². The minimum atomic E-state index is -0.281. The summed E-state index contributed by atoms with van der Waals surface area (Å²) in [5, 5.41) is 4.72. The van der Waals surface area contributed by atoms with E-state index in [0.29, 0.717) is 5.56 Å². The molecule has 0 radical (unpaired) electrons. The Morgan fingerprint density at radius 3 is 2.52 bits per heavy atom. The van der Waals surface area contributed by atoms with Gasteiger partial charge >= 0.3 is 0 Å². The second-order valence-corrected chi connectivity index (χ2v) is 6.07. The molecule has 6 heteroatoms. The molecule has 1 amide bonds. The SMILES string of the molecule is NNC(=O)c1ccc(N2CCc3nn(-c4ccccc4)cc3C2)cc1. The lowest BCUT2D eigenvalue weighted by Gasteiger charge is -2.28. The molecule has 126 valence electrons. The van der Waals surface area contributed by atoms with Gasteiger partial charge in [0.2, 0.25) is 0 Å². The molecular formula is C19H19N5O. The number of nitrogen functional groups attached to an aromatic ring is 1. The number of nitrogens with zero attached hydrogens (tertiary/aromatic N) is 3. The summed E-state index contributed by atoms with van der Waals surface area (Å²) in [5.74, 6) is 4.89. The van der Waals surface area contributed by atoms with Gasteiger partial charge in [0.05, 0.1) is 11.4 Å². The molecule has 6 nitrogen and oxygen atoms in total. The fraction of sp³-hybridized carbons (Fsp3) is 0.158. The molecule has 0 fully saturated rings. The van der Waals surface area contributed by atoms with E-state index >= 15 is 0 Å². The fourth-order valence-electron chi connectivity index (χ4n) is 3.15. The first-order valence-electron chi connectivity index (χ1n) is 8.23. The van der Waals surface area contributed by atoms with E-state index in [-0.39, 0.29) is 5.91 Å². The van der Waals surface area contributed by atoms with Gasteiger partial charge in [-0.15, -0.1) is 0 Å². The third-order valence-electron chi connectivity index (χ3n) is 4.50.